The normalized spacial score (nSPS) is 14.4. The van der Waals surface area contributed by atoms with Gasteiger partial charge in [-0.15, -0.1) is 0 Å². The summed E-state index contributed by atoms with van der Waals surface area (Å²) in [5.41, 5.74) is 6.78. The number of rotatable bonds is 4. The van der Waals surface area contributed by atoms with E-state index in [1.165, 1.54) is 7.05 Å². The van der Waals surface area contributed by atoms with E-state index in [1.54, 1.807) is 12.3 Å². The predicted octanol–water partition coefficient (Wildman–Crippen LogP) is -0.119. The van der Waals surface area contributed by atoms with Crippen molar-refractivity contribution in [3.63, 3.8) is 0 Å². The smallest absolute Gasteiger partial charge is 0.268 e. The number of nitrogens with zero attached hydrogens (tertiary/aromatic N) is 1. The standard InChI is InChI=1S/C11H16N4O2/c1-13-10(16)5-14-11(17)9-4-7(12)6-15(9)8-2-3-8/h4,6,8H,2-3,5,12H2,1H3,(H,13,16)(H,14,17). The Morgan fingerprint density at radius 2 is 2.24 bits per heavy atom. The molecule has 1 aliphatic rings. The third-order valence-corrected chi connectivity index (χ3v) is 2.73. The van der Waals surface area contributed by atoms with Crippen LogP contribution in [0.25, 0.3) is 0 Å². The number of hydrogen-bond acceptors (Lipinski definition) is 3. The quantitative estimate of drug-likeness (QED) is 0.681. The molecular weight excluding hydrogens is 220 g/mol. The van der Waals surface area contributed by atoms with E-state index in [9.17, 15) is 9.59 Å². The van der Waals surface area contributed by atoms with Gasteiger partial charge in [-0.2, -0.15) is 0 Å². The molecule has 17 heavy (non-hydrogen) atoms. The number of carbonyl (C=O) groups excluding carboxylic acids is 2. The zero-order valence-electron chi connectivity index (χ0n) is 9.69. The summed E-state index contributed by atoms with van der Waals surface area (Å²) in [6.07, 6.45) is 3.92. The predicted molar refractivity (Wildman–Crippen MR) is 63.5 cm³/mol. The topological polar surface area (TPSA) is 89.2 Å². The van der Waals surface area contributed by atoms with Gasteiger partial charge in [0, 0.05) is 19.3 Å². The van der Waals surface area contributed by atoms with E-state index in [-0.39, 0.29) is 18.4 Å². The number of likely N-dealkylation sites (N-methyl/N-ethyl adjacent to an activating group) is 1. The van der Waals surface area contributed by atoms with Gasteiger partial charge in [0.1, 0.15) is 5.69 Å². The molecule has 1 aromatic heterocycles. The van der Waals surface area contributed by atoms with Gasteiger partial charge in [0.25, 0.3) is 5.91 Å². The fourth-order valence-corrected chi connectivity index (χ4v) is 1.68. The van der Waals surface area contributed by atoms with E-state index in [0.717, 1.165) is 12.8 Å². The molecule has 0 radical (unpaired) electrons. The van der Waals surface area contributed by atoms with Crippen molar-refractivity contribution in [3.8, 4) is 0 Å². The van der Waals surface area contributed by atoms with E-state index >= 15 is 0 Å². The zero-order chi connectivity index (χ0) is 12.4. The zero-order valence-corrected chi connectivity index (χ0v) is 9.69. The minimum absolute atomic E-state index is 0.0227. The molecule has 1 saturated carbocycles. The van der Waals surface area contributed by atoms with Crippen molar-refractivity contribution in [2.45, 2.75) is 18.9 Å². The fourth-order valence-electron chi connectivity index (χ4n) is 1.68. The first-order chi connectivity index (χ1) is 8.11. The maximum atomic E-state index is 11.9. The second kappa shape index (κ2) is 4.48. The van der Waals surface area contributed by atoms with Crippen LogP contribution in [0.15, 0.2) is 12.3 Å². The van der Waals surface area contributed by atoms with Crippen LogP contribution in [-0.2, 0) is 4.79 Å². The molecule has 1 aromatic rings. The second-order valence-electron chi connectivity index (χ2n) is 4.15. The average Bonchev–Trinajstić information content (AvgIpc) is 3.09. The maximum absolute atomic E-state index is 11.9. The molecule has 0 saturated heterocycles. The first-order valence-corrected chi connectivity index (χ1v) is 5.58. The Morgan fingerprint density at radius 3 is 2.82 bits per heavy atom. The SMILES string of the molecule is CNC(=O)CNC(=O)c1cc(N)cn1C1CC1. The van der Waals surface area contributed by atoms with Gasteiger partial charge in [-0.05, 0) is 18.9 Å². The van der Waals surface area contributed by atoms with Crippen molar-refractivity contribution in [1.29, 1.82) is 0 Å². The Balaban J connectivity index is 2.05. The van der Waals surface area contributed by atoms with Crippen LogP contribution >= 0.6 is 0 Å². The molecule has 0 aliphatic heterocycles. The highest BCUT2D eigenvalue weighted by Crippen LogP contribution is 2.37. The lowest BCUT2D eigenvalue weighted by Gasteiger charge is -2.07. The van der Waals surface area contributed by atoms with Crippen LogP contribution in [-0.4, -0.2) is 30.0 Å². The first-order valence-electron chi connectivity index (χ1n) is 5.58. The molecule has 6 nitrogen and oxygen atoms in total. The minimum atomic E-state index is -0.266. The molecule has 4 N–H and O–H groups in total. The Labute approximate surface area is 99.2 Å². The summed E-state index contributed by atoms with van der Waals surface area (Å²) in [5.74, 6) is -0.493. The molecule has 2 rings (SSSR count). The second-order valence-corrected chi connectivity index (χ2v) is 4.15. The van der Waals surface area contributed by atoms with Gasteiger partial charge >= 0.3 is 0 Å². The summed E-state index contributed by atoms with van der Waals surface area (Å²) in [4.78, 5) is 22.9. The number of amides is 2. The number of nitrogen functional groups attached to an aromatic ring is 1. The van der Waals surface area contributed by atoms with E-state index < -0.39 is 0 Å². The number of nitrogens with one attached hydrogen (secondary N) is 2. The molecule has 6 heteroatoms. The van der Waals surface area contributed by atoms with Crippen molar-refractivity contribution < 1.29 is 9.59 Å². The van der Waals surface area contributed by atoms with E-state index in [2.05, 4.69) is 10.6 Å². The van der Waals surface area contributed by atoms with Crippen LogP contribution in [0.1, 0.15) is 29.4 Å². The third kappa shape index (κ3) is 2.58. The molecule has 0 bridgehead atoms. The van der Waals surface area contributed by atoms with Gasteiger partial charge in [0.15, 0.2) is 0 Å². The molecule has 2 amide bonds. The largest absolute Gasteiger partial charge is 0.397 e. The summed E-state index contributed by atoms with van der Waals surface area (Å²) < 4.78 is 1.88. The van der Waals surface area contributed by atoms with Gasteiger partial charge in [-0.1, -0.05) is 0 Å². The molecule has 0 spiro atoms. The highest BCUT2D eigenvalue weighted by atomic mass is 16.2. The number of carbonyl (C=O) groups is 2. The average molecular weight is 236 g/mol. The summed E-state index contributed by atoms with van der Waals surface area (Å²) >= 11 is 0. The van der Waals surface area contributed by atoms with E-state index in [1.807, 2.05) is 4.57 Å². The monoisotopic (exact) mass is 236 g/mol. The van der Waals surface area contributed by atoms with Crippen molar-refractivity contribution in [2.75, 3.05) is 19.3 Å². The lowest BCUT2D eigenvalue weighted by molar-refractivity contribution is -0.119. The van der Waals surface area contributed by atoms with Crippen LogP contribution in [0.3, 0.4) is 0 Å². The summed E-state index contributed by atoms with van der Waals surface area (Å²) in [7, 11) is 1.53. The highest BCUT2D eigenvalue weighted by Gasteiger charge is 2.27. The van der Waals surface area contributed by atoms with Gasteiger partial charge in [-0.3, -0.25) is 9.59 Å². The molecular formula is C11H16N4O2. The Bertz CT molecular complexity index is 448. The molecule has 1 heterocycles. The van der Waals surface area contributed by atoms with Crippen molar-refractivity contribution >= 4 is 17.5 Å². The van der Waals surface area contributed by atoms with Crippen molar-refractivity contribution in [2.24, 2.45) is 0 Å². The number of aromatic nitrogens is 1. The Kier molecular flexibility index (Phi) is 3.03. The van der Waals surface area contributed by atoms with Crippen LogP contribution in [0.2, 0.25) is 0 Å². The van der Waals surface area contributed by atoms with E-state index in [0.29, 0.717) is 17.4 Å². The summed E-state index contributed by atoms with van der Waals surface area (Å²) in [6.45, 7) is -0.0227. The molecule has 0 aromatic carbocycles. The Hall–Kier alpha value is -1.98. The highest BCUT2D eigenvalue weighted by molar-refractivity contribution is 5.96. The summed E-state index contributed by atoms with van der Waals surface area (Å²) in [6, 6.07) is 2.02. The van der Waals surface area contributed by atoms with Crippen LogP contribution in [0.5, 0.6) is 0 Å². The number of nitrogens with two attached hydrogens (primary N) is 1. The molecule has 0 atom stereocenters. The third-order valence-electron chi connectivity index (χ3n) is 2.73. The van der Waals surface area contributed by atoms with Gasteiger partial charge in [-0.25, -0.2) is 0 Å². The van der Waals surface area contributed by atoms with Gasteiger partial charge in [0.2, 0.25) is 5.91 Å². The number of hydrogen-bond donors (Lipinski definition) is 3. The van der Waals surface area contributed by atoms with Crippen molar-refractivity contribution in [3.05, 3.63) is 18.0 Å². The molecule has 0 unspecified atom stereocenters. The molecule has 1 fully saturated rings. The molecule has 92 valence electrons. The number of anilines is 1. The van der Waals surface area contributed by atoms with E-state index in [4.69, 9.17) is 5.73 Å². The minimum Gasteiger partial charge on any atom is -0.397 e. The fraction of sp³-hybridized carbons (Fsp3) is 0.455. The van der Waals surface area contributed by atoms with Crippen molar-refractivity contribution in [1.82, 2.24) is 15.2 Å². The van der Waals surface area contributed by atoms with Crippen LogP contribution < -0.4 is 16.4 Å². The maximum Gasteiger partial charge on any atom is 0.268 e. The van der Waals surface area contributed by atoms with Gasteiger partial charge < -0.3 is 20.9 Å². The molecule has 1 aliphatic carbocycles. The first kappa shape index (κ1) is 11.5. The van der Waals surface area contributed by atoms with Crippen LogP contribution in [0.4, 0.5) is 5.69 Å². The van der Waals surface area contributed by atoms with Crippen LogP contribution in [0, 0.1) is 0 Å². The summed E-state index contributed by atoms with van der Waals surface area (Å²) in [5, 5.41) is 5.00. The lowest BCUT2D eigenvalue weighted by Crippen LogP contribution is -2.35. The lowest BCUT2D eigenvalue weighted by atomic mass is 10.3. The Morgan fingerprint density at radius 1 is 1.53 bits per heavy atom. The van der Waals surface area contributed by atoms with Gasteiger partial charge in [0.05, 0.1) is 12.2 Å².